The van der Waals surface area contributed by atoms with Gasteiger partial charge >= 0.3 is 34.4 Å². The van der Waals surface area contributed by atoms with Crippen LogP contribution >= 0.6 is 0 Å². The fourth-order valence-corrected chi connectivity index (χ4v) is 3.19. The van der Waals surface area contributed by atoms with Crippen molar-refractivity contribution < 1.29 is 19.8 Å². The predicted octanol–water partition coefficient (Wildman–Crippen LogP) is -5.88. The first-order chi connectivity index (χ1) is 15.8. The third-order valence-corrected chi connectivity index (χ3v) is 4.91. The van der Waals surface area contributed by atoms with E-state index >= 15 is 0 Å². The Hall–Kier alpha value is -3.99. The van der Waals surface area contributed by atoms with Crippen LogP contribution < -0.4 is 32.7 Å². The summed E-state index contributed by atoms with van der Waals surface area (Å²) in [5.74, 6) is -2.46. The molecule has 35 heavy (non-hydrogen) atoms. The van der Waals surface area contributed by atoms with Gasteiger partial charge in [0.25, 0.3) is 11.1 Å². The van der Waals surface area contributed by atoms with E-state index in [-0.39, 0.29) is 57.0 Å². The number of imidazole rings is 2. The first-order valence-electron chi connectivity index (χ1n) is 9.52. The van der Waals surface area contributed by atoms with Gasteiger partial charge < -0.3 is 29.8 Å². The maximum Gasteiger partial charge on any atom is 2.00 e. The number of aliphatic carboxylic acids is 2. The first-order valence-corrected chi connectivity index (χ1v) is 9.52. The Morgan fingerprint density at radius 3 is 1.29 bits per heavy atom. The van der Waals surface area contributed by atoms with Crippen molar-refractivity contribution in [1.82, 2.24) is 38.2 Å². The molecule has 4 aromatic rings. The second-order valence-corrected chi connectivity index (χ2v) is 7.27. The maximum atomic E-state index is 11.7. The number of nitrogens with one attached hydrogen (secondary N) is 2. The fraction of sp³-hybridized carbons (Fsp3) is 0.333. The van der Waals surface area contributed by atoms with Gasteiger partial charge in [0.05, 0.1) is 0 Å². The molecule has 0 amide bonds. The molecule has 0 bridgehead atoms. The number of aryl methyl sites for hydroxylation is 2. The summed E-state index contributed by atoms with van der Waals surface area (Å²) in [6.45, 7) is 0. The predicted molar refractivity (Wildman–Crippen MR) is 116 cm³/mol. The van der Waals surface area contributed by atoms with Crippen LogP contribution in [-0.4, -0.2) is 73.2 Å². The van der Waals surface area contributed by atoms with E-state index in [1.54, 1.807) is 0 Å². The van der Waals surface area contributed by atoms with Crippen molar-refractivity contribution in [2.24, 2.45) is 28.2 Å². The summed E-state index contributed by atoms with van der Waals surface area (Å²) in [4.78, 5) is 80.4. The Kier molecular flexibility index (Phi) is 7.86. The number of hydrogen-bond donors (Lipinski definition) is 2. The van der Waals surface area contributed by atoms with Gasteiger partial charge in [0.15, 0.2) is 11.3 Å². The zero-order chi connectivity index (χ0) is 25.5. The molecule has 0 saturated heterocycles. The van der Waals surface area contributed by atoms with Crippen LogP contribution in [0.15, 0.2) is 19.2 Å². The SMILES string of the molecule is Cn1c(=O)c2[nH]c(CC(=O)[O-])nc2n(C)c1=O.Cn1c(=O)c2[nH]c(CC(=O)[O-])nc2n(C)c1=O.[Mg+2]. The number of aromatic nitrogens is 8. The maximum absolute atomic E-state index is 11.7. The molecule has 0 aliphatic carbocycles. The van der Waals surface area contributed by atoms with Gasteiger partial charge in [-0.25, -0.2) is 19.6 Å². The van der Waals surface area contributed by atoms with Gasteiger partial charge in [-0.2, -0.15) is 0 Å². The minimum absolute atomic E-state index is 0. The molecular formula is C18H18MgN8O8. The van der Waals surface area contributed by atoms with Crippen LogP contribution in [0.25, 0.3) is 22.3 Å². The van der Waals surface area contributed by atoms with E-state index in [2.05, 4.69) is 19.9 Å². The normalized spacial score (nSPS) is 10.6. The molecular weight excluding hydrogens is 481 g/mol. The quantitative estimate of drug-likeness (QED) is 0.253. The second-order valence-electron chi connectivity index (χ2n) is 7.27. The third-order valence-electron chi connectivity index (χ3n) is 4.91. The van der Waals surface area contributed by atoms with Gasteiger partial charge in [-0.1, -0.05) is 0 Å². The average molecular weight is 499 g/mol. The number of H-pyrrole nitrogens is 2. The van der Waals surface area contributed by atoms with Crippen molar-refractivity contribution in [2.45, 2.75) is 12.8 Å². The van der Waals surface area contributed by atoms with E-state index in [1.807, 2.05) is 0 Å². The van der Waals surface area contributed by atoms with Gasteiger partial charge in [0, 0.05) is 53.0 Å². The standard InChI is InChI=1S/2C9H10N4O4.Mg/c2*1-12-7-6(8(16)13(2)9(12)17)10-4(11-7)3-5(14)15;/h2*3H2,1-2H3,(H,10,11)(H,14,15);/q;;+2/p-2. The summed E-state index contributed by atoms with van der Waals surface area (Å²) in [6, 6.07) is 0. The Morgan fingerprint density at radius 1 is 0.686 bits per heavy atom. The number of rotatable bonds is 4. The molecule has 17 heteroatoms. The molecule has 0 fully saturated rings. The Morgan fingerprint density at radius 2 is 1.00 bits per heavy atom. The van der Waals surface area contributed by atoms with Crippen molar-refractivity contribution in [3.63, 3.8) is 0 Å². The third kappa shape index (κ3) is 5.09. The van der Waals surface area contributed by atoms with Crippen LogP contribution in [0.4, 0.5) is 0 Å². The number of carbonyl (C=O) groups is 2. The minimum Gasteiger partial charge on any atom is -0.550 e. The topological polar surface area (TPSA) is 226 Å². The largest absolute Gasteiger partial charge is 2.00 e. The summed E-state index contributed by atoms with van der Waals surface area (Å²) in [5.41, 5.74) is -1.65. The van der Waals surface area contributed by atoms with Gasteiger partial charge in [-0.15, -0.1) is 0 Å². The average Bonchev–Trinajstić information content (AvgIpc) is 3.37. The summed E-state index contributed by atoms with van der Waals surface area (Å²) in [6.07, 6.45) is -0.877. The Labute approximate surface area is 209 Å². The zero-order valence-corrected chi connectivity index (χ0v) is 20.5. The van der Waals surface area contributed by atoms with Crippen LogP contribution in [0, 0.1) is 0 Å². The molecule has 0 aromatic carbocycles. The van der Waals surface area contributed by atoms with E-state index in [4.69, 9.17) is 0 Å². The van der Waals surface area contributed by atoms with Crippen molar-refractivity contribution in [3.8, 4) is 0 Å². The second kappa shape index (κ2) is 10.1. The molecule has 4 aromatic heterocycles. The molecule has 0 aliphatic rings. The van der Waals surface area contributed by atoms with E-state index in [0.717, 1.165) is 9.13 Å². The zero-order valence-electron chi connectivity index (χ0n) is 19.1. The fourth-order valence-electron chi connectivity index (χ4n) is 3.19. The van der Waals surface area contributed by atoms with Crippen LogP contribution in [0.2, 0.25) is 0 Å². The molecule has 16 nitrogen and oxygen atoms in total. The van der Waals surface area contributed by atoms with Gasteiger partial charge in [0.2, 0.25) is 0 Å². The van der Waals surface area contributed by atoms with E-state index < -0.39 is 47.3 Å². The van der Waals surface area contributed by atoms with Crippen molar-refractivity contribution >= 4 is 57.3 Å². The molecule has 180 valence electrons. The van der Waals surface area contributed by atoms with Crippen LogP contribution in [-0.2, 0) is 50.6 Å². The van der Waals surface area contributed by atoms with Crippen molar-refractivity contribution in [3.05, 3.63) is 53.3 Å². The molecule has 0 saturated carbocycles. The molecule has 4 heterocycles. The minimum atomic E-state index is -1.31. The smallest absolute Gasteiger partial charge is 0.550 e. The number of nitrogens with zero attached hydrogens (tertiary/aromatic N) is 6. The molecule has 0 aliphatic heterocycles. The molecule has 0 atom stereocenters. The van der Waals surface area contributed by atoms with Crippen molar-refractivity contribution in [1.29, 1.82) is 0 Å². The van der Waals surface area contributed by atoms with E-state index in [0.29, 0.717) is 0 Å². The number of carbonyl (C=O) groups excluding carboxylic acids is 2. The van der Waals surface area contributed by atoms with Gasteiger partial charge in [0.1, 0.15) is 22.7 Å². The molecule has 2 N–H and O–H groups in total. The first kappa shape index (κ1) is 27.3. The number of fused-ring (bicyclic) bond motifs is 2. The number of hydrogen-bond acceptors (Lipinski definition) is 10. The van der Waals surface area contributed by atoms with E-state index in [9.17, 15) is 39.0 Å². The molecule has 0 unspecified atom stereocenters. The summed E-state index contributed by atoms with van der Waals surface area (Å²) in [5, 5.41) is 20.9. The summed E-state index contributed by atoms with van der Waals surface area (Å²) >= 11 is 0. The monoisotopic (exact) mass is 498 g/mol. The number of carboxylic acid groups (broad SMARTS) is 2. The Bertz CT molecular complexity index is 1570. The van der Waals surface area contributed by atoms with Crippen LogP contribution in [0.3, 0.4) is 0 Å². The van der Waals surface area contributed by atoms with Gasteiger partial charge in [-0.05, 0) is 0 Å². The van der Waals surface area contributed by atoms with Gasteiger partial charge in [-0.3, -0.25) is 27.9 Å². The summed E-state index contributed by atoms with van der Waals surface area (Å²) in [7, 11) is 5.58. The van der Waals surface area contributed by atoms with E-state index in [1.165, 1.54) is 37.3 Å². The van der Waals surface area contributed by atoms with Crippen molar-refractivity contribution in [2.75, 3.05) is 0 Å². The molecule has 0 radical (unpaired) electrons. The Balaban J connectivity index is 0.000000240. The number of carboxylic acids is 2. The van der Waals surface area contributed by atoms with Crippen LogP contribution in [0.1, 0.15) is 11.6 Å². The molecule has 0 spiro atoms. The van der Waals surface area contributed by atoms with Crippen LogP contribution in [0.5, 0.6) is 0 Å². The summed E-state index contributed by atoms with van der Waals surface area (Å²) < 4.78 is 4.19. The molecule has 4 rings (SSSR count). The number of aromatic amines is 2.